The average molecular weight is 210 g/mol. The number of hydrogen-bond acceptors (Lipinski definition) is 1. The van der Waals surface area contributed by atoms with Crippen LogP contribution in [0.1, 0.15) is 29.5 Å². The van der Waals surface area contributed by atoms with Crippen molar-refractivity contribution in [3.05, 3.63) is 33.8 Å². The molecule has 2 rings (SSSR count). The fourth-order valence-corrected chi connectivity index (χ4v) is 2.02. The van der Waals surface area contributed by atoms with E-state index in [0.29, 0.717) is 0 Å². The molecule has 0 aliphatic heterocycles. The Hall–Kier alpha value is -0.530. The molecule has 1 fully saturated rings. The van der Waals surface area contributed by atoms with Crippen molar-refractivity contribution < 1.29 is 0 Å². The van der Waals surface area contributed by atoms with Crippen molar-refractivity contribution in [3.8, 4) is 0 Å². The number of rotatable bonds is 2. The molecule has 0 heterocycles. The largest absolute Gasteiger partial charge is 0.325 e. The molecule has 0 atom stereocenters. The minimum Gasteiger partial charge on any atom is -0.325 e. The number of aryl methyl sites for hydroxylation is 1. The fourth-order valence-electron chi connectivity index (χ4n) is 1.73. The average Bonchev–Trinajstić information content (AvgIpc) is 2.79. The van der Waals surface area contributed by atoms with Gasteiger partial charge in [0.2, 0.25) is 0 Å². The van der Waals surface area contributed by atoms with Crippen molar-refractivity contribution in [2.75, 3.05) is 0 Å². The minimum atomic E-state index is 0.0744. The lowest BCUT2D eigenvalue weighted by molar-refractivity contribution is 0.672. The highest BCUT2D eigenvalue weighted by molar-refractivity contribution is 6.31. The van der Waals surface area contributed by atoms with Crippen LogP contribution in [-0.4, -0.2) is 5.54 Å². The van der Waals surface area contributed by atoms with Crippen LogP contribution in [0.4, 0.5) is 0 Å². The number of hydrogen-bond donors (Lipinski definition) is 1. The van der Waals surface area contributed by atoms with Crippen LogP contribution in [0.25, 0.3) is 0 Å². The third kappa shape index (κ3) is 1.94. The molecule has 0 aromatic heterocycles. The first kappa shape index (κ1) is 10.0. The molecule has 0 radical (unpaired) electrons. The summed E-state index contributed by atoms with van der Waals surface area (Å²) >= 11 is 6.13. The predicted octanol–water partition coefficient (Wildman–Crippen LogP) is 2.99. The summed E-state index contributed by atoms with van der Waals surface area (Å²) in [4.78, 5) is 0. The standard InChI is InChI=1S/C12H16ClN/c1-8-5-10(6-11(13)9(8)2)7-12(14)3-4-12/h5-6H,3-4,7,14H2,1-2H3. The van der Waals surface area contributed by atoms with E-state index in [1.807, 2.05) is 0 Å². The maximum Gasteiger partial charge on any atom is 0.0440 e. The van der Waals surface area contributed by atoms with Crippen molar-refractivity contribution >= 4 is 11.6 Å². The second-order valence-electron chi connectivity index (χ2n) is 4.56. The third-order valence-corrected chi connectivity index (χ3v) is 3.50. The van der Waals surface area contributed by atoms with Crippen LogP contribution in [0, 0.1) is 13.8 Å². The van der Waals surface area contributed by atoms with Gasteiger partial charge < -0.3 is 5.73 Å². The Morgan fingerprint density at radius 2 is 2.00 bits per heavy atom. The maximum absolute atomic E-state index is 6.13. The van der Waals surface area contributed by atoms with Gasteiger partial charge in [-0.2, -0.15) is 0 Å². The van der Waals surface area contributed by atoms with Crippen LogP contribution in [-0.2, 0) is 6.42 Å². The van der Waals surface area contributed by atoms with Gasteiger partial charge in [-0.3, -0.25) is 0 Å². The molecule has 1 saturated carbocycles. The molecule has 2 heteroatoms. The van der Waals surface area contributed by atoms with Crippen LogP contribution in [0.3, 0.4) is 0 Å². The van der Waals surface area contributed by atoms with Gasteiger partial charge in [-0.15, -0.1) is 0 Å². The summed E-state index contributed by atoms with van der Waals surface area (Å²) in [7, 11) is 0. The van der Waals surface area contributed by atoms with E-state index >= 15 is 0 Å². The van der Waals surface area contributed by atoms with Gasteiger partial charge in [-0.1, -0.05) is 17.7 Å². The first-order valence-corrected chi connectivity index (χ1v) is 5.42. The zero-order valence-corrected chi connectivity index (χ0v) is 9.49. The van der Waals surface area contributed by atoms with E-state index in [4.69, 9.17) is 17.3 Å². The number of halogens is 1. The third-order valence-electron chi connectivity index (χ3n) is 3.11. The van der Waals surface area contributed by atoms with E-state index in [1.54, 1.807) is 0 Å². The van der Waals surface area contributed by atoms with Gasteiger partial charge in [0.15, 0.2) is 0 Å². The molecule has 1 aromatic carbocycles. The molecule has 1 aliphatic rings. The second kappa shape index (κ2) is 3.25. The van der Waals surface area contributed by atoms with Gasteiger partial charge in [0.05, 0.1) is 0 Å². The van der Waals surface area contributed by atoms with Crippen LogP contribution < -0.4 is 5.73 Å². The number of nitrogens with two attached hydrogens (primary N) is 1. The van der Waals surface area contributed by atoms with E-state index in [1.165, 1.54) is 16.7 Å². The summed E-state index contributed by atoms with van der Waals surface area (Å²) < 4.78 is 0. The SMILES string of the molecule is Cc1cc(CC2(N)CC2)cc(Cl)c1C. The predicted molar refractivity (Wildman–Crippen MR) is 60.8 cm³/mol. The quantitative estimate of drug-likeness (QED) is 0.797. The van der Waals surface area contributed by atoms with Gasteiger partial charge >= 0.3 is 0 Å². The van der Waals surface area contributed by atoms with Gasteiger partial charge in [0.1, 0.15) is 0 Å². The van der Waals surface area contributed by atoms with Crippen LogP contribution in [0.15, 0.2) is 12.1 Å². The summed E-state index contributed by atoms with van der Waals surface area (Å²) in [5.74, 6) is 0. The summed E-state index contributed by atoms with van der Waals surface area (Å²) in [6, 6.07) is 4.25. The highest BCUT2D eigenvalue weighted by atomic mass is 35.5. The number of benzene rings is 1. The van der Waals surface area contributed by atoms with Gasteiger partial charge in [-0.05, 0) is 55.9 Å². The molecule has 0 unspecified atom stereocenters. The molecule has 14 heavy (non-hydrogen) atoms. The summed E-state index contributed by atoms with van der Waals surface area (Å²) in [6.07, 6.45) is 3.27. The Kier molecular flexibility index (Phi) is 2.32. The monoisotopic (exact) mass is 209 g/mol. The van der Waals surface area contributed by atoms with Gasteiger partial charge in [-0.25, -0.2) is 0 Å². The first-order valence-electron chi connectivity index (χ1n) is 5.05. The molecular weight excluding hydrogens is 194 g/mol. The molecule has 0 saturated heterocycles. The molecule has 1 aliphatic carbocycles. The molecule has 0 amide bonds. The van der Waals surface area contributed by atoms with Crippen molar-refractivity contribution in [1.29, 1.82) is 0 Å². The van der Waals surface area contributed by atoms with E-state index in [-0.39, 0.29) is 5.54 Å². The van der Waals surface area contributed by atoms with Crippen molar-refractivity contribution in [3.63, 3.8) is 0 Å². The van der Waals surface area contributed by atoms with E-state index < -0.39 is 0 Å². The lowest BCUT2D eigenvalue weighted by Crippen LogP contribution is -2.24. The Bertz CT molecular complexity index is 344. The summed E-state index contributed by atoms with van der Waals surface area (Å²) in [5, 5.41) is 0.865. The molecule has 0 bridgehead atoms. The highest BCUT2D eigenvalue weighted by Gasteiger charge is 2.37. The fraction of sp³-hybridized carbons (Fsp3) is 0.500. The molecule has 1 nitrogen and oxygen atoms in total. The van der Waals surface area contributed by atoms with Crippen molar-refractivity contribution in [2.45, 2.75) is 38.6 Å². The van der Waals surface area contributed by atoms with Crippen LogP contribution in [0.5, 0.6) is 0 Å². The van der Waals surface area contributed by atoms with Crippen molar-refractivity contribution in [1.82, 2.24) is 0 Å². The Morgan fingerprint density at radius 3 is 2.50 bits per heavy atom. The van der Waals surface area contributed by atoms with Gasteiger partial charge in [0.25, 0.3) is 0 Å². The topological polar surface area (TPSA) is 26.0 Å². The summed E-state index contributed by atoms with van der Waals surface area (Å²) in [5.41, 5.74) is 9.86. The normalized spacial score (nSPS) is 18.3. The zero-order chi connectivity index (χ0) is 10.3. The van der Waals surface area contributed by atoms with E-state index in [2.05, 4.69) is 26.0 Å². The molecule has 0 spiro atoms. The second-order valence-corrected chi connectivity index (χ2v) is 4.97. The van der Waals surface area contributed by atoms with Gasteiger partial charge in [0, 0.05) is 10.6 Å². The minimum absolute atomic E-state index is 0.0744. The van der Waals surface area contributed by atoms with E-state index in [0.717, 1.165) is 24.3 Å². The molecular formula is C12H16ClN. The first-order chi connectivity index (χ1) is 6.50. The molecule has 2 N–H and O–H groups in total. The smallest absolute Gasteiger partial charge is 0.0440 e. The summed E-state index contributed by atoms with van der Waals surface area (Å²) in [6.45, 7) is 4.15. The lowest BCUT2D eigenvalue weighted by atomic mass is 10.0. The van der Waals surface area contributed by atoms with Crippen LogP contribution >= 0.6 is 11.6 Å². The Morgan fingerprint density at radius 1 is 1.36 bits per heavy atom. The highest BCUT2D eigenvalue weighted by Crippen LogP contribution is 2.36. The van der Waals surface area contributed by atoms with Crippen molar-refractivity contribution in [2.24, 2.45) is 5.73 Å². The molecule has 1 aromatic rings. The Labute approximate surface area is 90.3 Å². The van der Waals surface area contributed by atoms with Crippen LogP contribution in [0.2, 0.25) is 5.02 Å². The maximum atomic E-state index is 6.13. The zero-order valence-electron chi connectivity index (χ0n) is 8.73. The Balaban J connectivity index is 2.26. The van der Waals surface area contributed by atoms with E-state index in [9.17, 15) is 0 Å². The lowest BCUT2D eigenvalue weighted by Gasteiger charge is -2.11. The molecule has 76 valence electrons.